The molecular formula is C24H44O4. The summed E-state index contributed by atoms with van der Waals surface area (Å²) >= 11 is 0. The van der Waals surface area contributed by atoms with Gasteiger partial charge in [0.25, 0.3) is 0 Å². The number of aliphatic carboxylic acids is 1. The highest BCUT2D eigenvalue weighted by Gasteiger charge is 1.99. The third-order valence-corrected chi connectivity index (χ3v) is 5.10. The van der Waals surface area contributed by atoms with Crippen LogP contribution in [0.3, 0.4) is 0 Å². The first-order valence-corrected chi connectivity index (χ1v) is 11.7. The monoisotopic (exact) mass is 396 g/mol. The average molecular weight is 397 g/mol. The van der Waals surface area contributed by atoms with Crippen LogP contribution in [0.25, 0.3) is 0 Å². The fourth-order valence-corrected chi connectivity index (χ4v) is 3.36. The molecule has 0 aliphatic rings. The zero-order valence-electron chi connectivity index (χ0n) is 18.3. The third kappa shape index (κ3) is 22.7. The molecule has 0 saturated carbocycles. The maximum Gasteiger partial charge on any atom is 0.331 e. The van der Waals surface area contributed by atoms with Gasteiger partial charge in [0.2, 0.25) is 0 Å². The predicted molar refractivity (Wildman–Crippen MR) is 117 cm³/mol. The fraction of sp³-hybridized carbons (Fsp3) is 0.833. The number of esters is 1. The molecule has 0 aromatic rings. The van der Waals surface area contributed by atoms with Crippen molar-refractivity contribution in [3.63, 3.8) is 0 Å². The SMILES string of the molecule is CCCCCCCCCCCCCCCCCCCCOC(=O)/C=C/C(=O)O. The Balaban J connectivity index is 3.12. The molecule has 28 heavy (non-hydrogen) atoms. The van der Waals surface area contributed by atoms with Crippen molar-refractivity contribution in [1.29, 1.82) is 0 Å². The molecule has 0 amide bonds. The van der Waals surface area contributed by atoms with E-state index in [4.69, 9.17) is 9.84 Å². The normalized spacial score (nSPS) is 11.2. The van der Waals surface area contributed by atoms with Crippen molar-refractivity contribution in [1.82, 2.24) is 0 Å². The van der Waals surface area contributed by atoms with Gasteiger partial charge in [0.05, 0.1) is 6.61 Å². The molecule has 4 heteroatoms. The summed E-state index contributed by atoms with van der Waals surface area (Å²) in [5, 5.41) is 8.40. The summed E-state index contributed by atoms with van der Waals surface area (Å²) in [4.78, 5) is 21.4. The second-order valence-corrected chi connectivity index (χ2v) is 7.85. The molecule has 0 spiro atoms. The van der Waals surface area contributed by atoms with Crippen LogP contribution in [-0.4, -0.2) is 23.7 Å². The maximum atomic E-state index is 11.2. The van der Waals surface area contributed by atoms with Crippen LogP contribution in [0.15, 0.2) is 12.2 Å². The molecule has 0 radical (unpaired) electrons. The van der Waals surface area contributed by atoms with E-state index < -0.39 is 11.9 Å². The van der Waals surface area contributed by atoms with Crippen molar-refractivity contribution in [2.45, 2.75) is 122 Å². The summed E-state index contributed by atoms with van der Waals surface area (Å²) in [7, 11) is 0. The summed E-state index contributed by atoms with van der Waals surface area (Å²) in [6, 6.07) is 0. The Bertz CT molecular complexity index is 390. The van der Waals surface area contributed by atoms with E-state index in [-0.39, 0.29) is 0 Å². The first-order chi connectivity index (χ1) is 13.7. The van der Waals surface area contributed by atoms with E-state index in [1.165, 1.54) is 103 Å². The Morgan fingerprint density at radius 2 is 0.964 bits per heavy atom. The number of unbranched alkanes of at least 4 members (excludes halogenated alkanes) is 17. The maximum absolute atomic E-state index is 11.2. The molecule has 0 bridgehead atoms. The van der Waals surface area contributed by atoms with E-state index in [0.717, 1.165) is 25.0 Å². The number of hydrogen-bond acceptors (Lipinski definition) is 3. The Labute approximate surface area is 173 Å². The zero-order chi connectivity index (χ0) is 20.7. The van der Waals surface area contributed by atoms with E-state index in [0.29, 0.717) is 6.61 Å². The van der Waals surface area contributed by atoms with Crippen LogP contribution in [-0.2, 0) is 14.3 Å². The van der Waals surface area contributed by atoms with Gasteiger partial charge >= 0.3 is 11.9 Å². The zero-order valence-corrected chi connectivity index (χ0v) is 18.3. The molecule has 0 fully saturated rings. The Morgan fingerprint density at radius 3 is 1.32 bits per heavy atom. The molecule has 4 nitrogen and oxygen atoms in total. The highest BCUT2D eigenvalue weighted by Crippen LogP contribution is 2.14. The van der Waals surface area contributed by atoms with Crippen molar-refractivity contribution in [2.75, 3.05) is 6.61 Å². The molecule has 0 heterocycles. The van der Waals surface area contributed by atoms with Crippen LogP contribution in [0, 0.1) is 0 Å². The van der Waals surface area contributed by atoms with Crippen LogP contribution in [0.2, 0.25) is 0 Å². The van der Waals surface area contributed by atoms with Crippen molar-refractivity contribution >= 4 is 11.9 Å². The van der Waals surface area contributed by atoms with Gasteiger partial charge in [0.1, 0.15) is 0 Å². The van der Waals surface area contributed by atoms with Gasteiger partial charge < -0.3 is 9.84 Å². The highest BCUT2D eigenvalue weighted by molar-refractivity contribution is 5.90. The first-order valence-electron chi connectivity index (χ1n) is 11.7. The minimum Gasteiger partial charge on any atom is -0.478 e. The lowest BCUT2D eigenvalue weighted by molar-refractivity contribution is -0.138. The fourth-order valence-electron chi connectivity index (χ4n) is 3.36. The van der Waals surface area contributed by atoms with Gasteiger partial charge in [-0.05, 0) is 6.42 Å². The third-order valence-electron chi connectivity index (χ3n) is 5.10. The van der Waals surface area contributed by atoms with Gasteiger partial charge in [-0.25, -0.2) is 9.59 Å². The summed E-state index contributed by atoms with van der Waals surface area (Å²) in [5.74, 6) is -1.71. The first kappa shape index (κ1) is 26.7. The van der Waals surface area contributed by atoms with Crippen LogP contribution in [0.1, 0.15) is 122 Å². The number of rotatable bonds is 21. The number of carboxylic acids is 1. The van der Waals surface area contributed by atoms with Crippen molar-refractivity contribution in [2.24, 2.45) is 0 Å². The number of carbonyl (C=O) groups excluding carboxylic acids is 1. The predicted octanol–water partition coefficient (Wildman–Crippen LogP) is 7.21. The van der Waals surface area contributed by atoms with E-state index >= 15 is 0 Å². The Morgan fingerprint density at radius 1 is 0.607 bits per heavy atom. The molecule has 0 unspecified atom stereocenters. The molecule has 0 atom stereocenters. The van der Waals surface area contributed by atoms with E-state index in [9.17, 15) is 9.59 Å². The minimum atomic E-state index is -1.13. The van der Waals surface area contributed by atoms with Crippen molar-refractivity contribution in [3.05, 3.63) is 12.2 Å². The second-order valence-electron chi connectivity index (χ2n) is 7.85. The van der Waals surface area contributed by atoms with E-state index in [1.807, 2.05) is 0 Å². The van der Waals surface area contributed by atoms with E-state index in [1.54, 1.807) is 0 Å². The molecule has 1 N–H and O–H groups in total. The summed E-state index contributed by atoms with van der Waals surface area (Å²) < 4.78 is 4.93. The van der Waals surface area contributed by atoms with Gasteiger partial charge in [0.15, 0.2) is 0 Å². The van der Waals surface area contributed by atoms with Crippen LogP contribution in [0.4, 0.5) is 0 Å². The standard InChI is InChI=1S/C24H44O4/c1-2-3-4-5-6-7-8-9-10-11-12-13-14-15-16-17-18-19-22-28-24(27)21-20-23(25)26/h20-21H,2-19,22H2,1H3,(H,25,26)/b21-20+. The van der Waals surface area contributed by atoms with Crippen molar-refractivity contribution in [3.8, 4) is 0 Å². The topological polar surface area (TPSA) is 63.6 Å². The molecule has 164 valence electrons. The quantitative estimate of drug-likeness (QED) is 0.126. The lowest BCUT2D eigenvalue weighted by Crippen LogP contribution is -2.03. The Kier molecular flexibility index (Phi) is 20.9. The molecule has 0 aliphatic carbocycles. The van der Waals surface area contributed by atoms with Gasteiger partial charge in [-0.15, -0.1) is 0 Å². The van der Waals surface area contributed by atoms with Crippen LogP contribution >= 0.6 is 0 Å². The molecule has 0 rings (SSSR count). The van der Waals surface area contributed by atoms with Gasteiger partial charge in [-0.3, -0.25) is 0 Å². The molecule has 0 aromatic carbocycles. The van der Waals surface area contributed by atoms with Crippen LogP contribution in [0.5, 0.6) is 0 Å². The molecular weight excluding hydrogens is 352 g/mol. The summed E-state index contributed by atoms with van der Waals surface area (Å²) in [5.41, 5.74) is 0. The second kappa shape index (κ2) is 22.0. The van der Waals surface area contributed by atoms with Gasteiger partial charge in [-0.1, -0.05) is 116 Å². The summed E-state index contributed by atoms with van der Waals surface area (Å²) in [6.45, 7) is 2.65. The molecule has 0 aliphatic heterocycles. The molecule has 0 aromatic heterocycles. The summed E-state index contributed by atoms with van der Waals surface area (Å²) in [6.07, 6.45) is 25.6. The average Bonchev–Trinajstić information content (AvgIpc) is 2.68. The van der Waals surface area contributed by atoms with Crippen molar-refractivity contribution < 1.29 is 19.4 Å². The lowest BCUT2D eigenvalue weighted by atomic mass is 10.0. The minimum absolute atomic E-state index is 0.377. The van der Waals surface area contributed by atoms with Gasteiger partial charge in [0, 0.05) is 12.2 Å². The van der Waals surface area contributed by atoms with Crippen LogP contribution < -0.4 is 0 Å². The number of carbonyl (C=O) groups is 2. The highest BCUT2D eigenvalue weighted by atomic mass is 16.5. The van der Waals surface area contributed by atoms with Gasteiger partial charge in [-0.2, -0.15) is 0 Å². The Hall–Kier alpha value is -1.32. The molecule has 0 saturated heterocycles. The lowest BCUT2D eigenvalue weighted by Gasteiger charge is -2.04. The largest absolute Gasteiger partial charge is 0.478 e. The smallest absolute Gasteiger partial charge is 0.331 e. The van der Waals surface area contributed by atoms with E-state index in [2.05, 4.69) is 6.92 Å². The number of carboxylic acid groups (broad SMARTS) is 1. The number of hydrogen-bond donors (Lipinski definition) is 1. The number of ether oxygens (including phenoxy) is 1.